The predicted octanol–water partition coefficient (Wildman–Crippen LogP) is 1.62. The summed E-state index contributed by atoms with van der Waals surface area (Å²) in [6.07, 6.45) is -0.0324. The van der Waals surface area contributed by atoms with Gasteiger partial charge in [-0.25, -0.2) is 4.98 Å². The Hall–Kier alpha value is -1.59. The molecule has 2 atom stereocenters. The number of rotatable bonds is 4. The van der Waals surface area contributed by atoms with E-state index in [1.54, 1.807) is 13.0 Å². The summed E-state index contributed by atoms with van der Waals surface area (Å²) in [5, 5.41) is 18.9. The normalized spacial score (nSPS) is 14.9. The number of aromatic nitrogens is 2. The lowest BCUT2D eigenvalue weighted by Crippen LogP contribution is -2.12. The quantitative estimate of drug-likeness (QED) is 0.719. The molecule has 2 unspecified atom stereocenters. The molecule has 2 aromatic rings. The van der Waals surface area contributed by atoms with Gasteiger partial charge in [0.2, 0.25) is 0 Å². The Morgan fingerprint density at radius 3 is 2.72 bits per heavy atom. The van der Waals surface area contributed by atoms with Gasteiger partial charge in [-0.15, -0.1) is 0 Å². The van der Waals surface area contributed by atoms with Gasteiger partial charge in [0.25, 0.3) is 0 Å². The van der Waals surface area contributed by atoms with Gasteiger partial charge in [-0.3, -0.25) is 0 Å². The summed E-state index contributed by atoms with van der Waals surface area (Å²) in [6, 6.07) is 5.59. The van der Waals surface area contributed by atoms with E-state index < -0.39 is 6.10 Å². The molecule has 0 aliphatic rings. The van der Waals surface area contributed by atoms with Gasteiger partial charge < -0.3 is 20.5 Å². The molecule has 4 N–H and O–H groups in total. The molecule has 98 valence electrons. The molecule has 5 heteroatoms. The number of nitrogens with zero attached hydrogens (tertiary/aromatic N) is 2. The largest absolute Gasteiger partial charge is 0.399 e. The third-order valence-corrected chi connectivity index (χ3v) is 3.10. The molecule has 0 saturated heterocycles. The van der Waals surface area contributed by atoms with Crippen LogP contribution < -0.4 is 5.73 Å². The lowest BCUT2D eigenvalue weighted by molar-refractivity contribution is 0.179. The molecular weight excluding hydrogens is 230 g/mol. The van der Waals surface area contributed by atoms with Crippen LogP contribution >= 0.6 is 0 Å². The third-order valence-electron chi connectivity index (χ3n) is 3.10. The van der Waals surface area contributed by atoms with Crippen LogP contribution in [-0.4, -0.2) is 26.4 Å². The maximum Gasteiger partial charge on any atom is 0.138 e. The molecule has 2 rings (SSSR count). The van der Waals surface area contributed by atoms with Crippen LogP contribution in [0.4, 0.5) is 5.69 Å². The number of anilines is 1. The Morgan fingerprint density at radius 2 is 2.11 bits per heavy atom. The minimum Gasteiger partial charge on any atom is -0.399 e. The van der Waals surface area contributed by atoms with Crippen LogP contribution in [0.25, 0.3) is 11.0 Å². The molecule has 0 spiro atoms. The summed E-state index contributed by atoms with van der Waals surface area (Å²) >= 11 is 0. The van der Waals surface area contributed by atoms with Gasteiger partial charge in [0, 0.05) is 18.3 Å². The van der Waals surface area contributed by atoms with Crippen LogP contribution in [-0.2, 0) is 0 Å². The molecule has 1 aromatic carbocycles. The Balaban J connectivity index is 2.62. The topological polar surface area (TPSA) is 84.3 Å². The van der Waals surface area contributed by atoms with Crippen molar-refractivity contribution in [2.45, 2.75) is 32.4 Å². The summed E-state index contributed by atoms with van der Waals surface area (Å²) in [5.41, 5.74) is 8.10. The molecule has 0 aliphatic heterocycles. The van der Waals surface area contributed by atoms with Crippen LogP contribution in [0.1, 0.15) is 38.2 Å². The molecule has 0 radical (unpaired) electrons. The molecule has 0 aliphatic carbocycles. The highest BCUT2D eigenvalue weighted by molar-refractivity contribution is 5.79. The average molecular weight is 249 g/mol. The Kier molecular flexibility index (Phi) is 3.54. The summed E-state index contributed by atoms with van der Waals surface area (Å²) in [4.78, 5) is 4.43. The van der Waals surface area contributed by atoms with Gasteiger partial charge >= 0.3 is 0 Å². The third kappa shape index (κ3) is 2.19. The lowest BCUT2D eigenvalue weighted by Gasteiger charge is -2.17. The number of imidazole rings is 1. The summed E-state index contributed by atoms with van der Waals surface area (Å²) in [7, 11) is 0. The van der Waals surface area contributed by atoms with E-state index in [9.17, 15) is 5.11 Å². The number of fused-ring (bicyclic) bond motifs is 1. The SMILES string of the molecule is CC(O)c1nc2cc(N)ccc2n1C(C)CCO. The van der Waals surface area contributed by atoms with Crippen molar-refractivity contribution in [3.63, 3.8) is 0 Å². The Labute approximate surface area is 106 Å². The fraction of sp³-hybridized carbons (Fsp3) is 0.462. The van der Waals surface area contributed by atoms with Gasteiger partial charge in [-0.05, 0) is 38.5 Å². The average Bonchev–Trinajstić information content (AvgIpc) is 2.67. The van der Waals surface area contributed by atoms with Gasteiger partial charge in [0.1, 0.15) is 11.9 Å². The van der Waals surface area contributed by atoms with E-state index in [1.165, 1.54) is 0 Å². The molecule has 5 nitrogen and oxygen atoms in total. The predicted molar refractivity (Wildman–Crippen MR) is 71.2 cm³/mol. The van der Waals surface area contributed by atoms with Crippen LogP contribution in [0.3, 0.4) is 0 Å². The van der Waals surface area contributed by atoms with Crippen molar-refractivity contribution in [1.82, 2.24) is 9.55 Å². The number of nitrogens with two attached hydrogens (primary N) is 1. The Morgan fingerprint density at radius 1 is 1.39 bits per heavy atom. The Bertz CT molecular complexity index is 548. The first kappa shape index (κ1) is 12.9. The van der Waals surface area contributed by atoms with Gasteiger partial charge in [0.15, 0.2) is 0 Å². The molecular formula is C13H19N3O2. The molecule has 1 aromatic heterocycles. The summed E-state index contributed by atoms with van der Waals surface area (Å²) in [6.45, 7) is 3.79. The summed E-state index contributed by atoms with van der Waals surface area (Å²) < 4.78 is 1.97. The highest BCUT2D eigenvalue weighted by Gasteiger charge is 2.18. The molecule has 0 saturated carbocycles. The first-order valence-electron chi connectivity index (χ1n) is 6.11. The van der Waals surface area contributed by atoms with Crippen molar-refractivity contribution >= 4 is 16.7 Å². The van der Waals surface area contributed by atoms with E-state index in [-0.39, 0.29) is 12.6 Å². The zero-order valence-corrected chi connectivity index (χ0v) is 10.7. The number of benzene rings is 1. The molecule has 0 amide bonds. The van der Waals surface area contributed by atoms with Crippen molar-refractivity contribution in [1.29, 1.82) is 0 Å². The van der Waals surface area contributed by atoms with Crippen LogP contribution in [0.5, 0.6) is 0 Å². The monoisotopic (exact) mass is 249 g/mol. The van der Waals surface area contributed by atoms with Gasteiger partial charge in [0.05, 0.1) is 11.0 Å². The number of aliphatic hydroxyl groups excluding tert-OH is 2. The van der Waals surface area contributed by atoms with E-state index in [2.05, 4.69) is 4.98 Å². The fourth-order valence-electron chi connectivity index (χ4n) is 2.21. The minimum absolute atomic E-state index is 0.0771. The molecule has 18 heavy (non-hydrogen) atoms. The van der Waals surface area contributed by atoms with E-state index >= 15 is 0 Å². The molecule has 0 bridgehead atoms. The van der Waals surface area contributed by atoms with Gasteiger partial charge in [-0.2, -0.15) is 0 Å². The van der Waals surface area contributed by atoms with Crippen molar-refractivity contribution < 1.29 is 10.2 Å². The van der Waals surface area contributed by atoms with Crippen molar-refractivity contribution in [3.05, 3.63) is 24.0 Å². The summed E-state index contributed by atoms with van der Waals surface area (Å²) in [5.74, 6) is 0.608. The second-order valence-corrected chi connectivity index (χ2v) is 4.63. The first-order valence-corrected chi connectivity index (χ1v) is 6.11. The number of aliphatic hydroxyl groups is 2. The molecule has 1 heterocycles. The second kappa shape index (κ2) is 4.96. The van der Waals surface area contributed by atoms with E-state index in [1.807, 2.05) is 23.6 Å². The van der Waals surface area contributed by atoms with Crippen molar-refractivity contribution in [2.24, 2.45) is 0 Å². The zero-order chi connectivity index (χ0) is 13.3. The van der Waals surface area contributed by atoms with Crippen LogP contribution in [0.2, 0.25) is 0 Å². The first-order chi connectivity index (χ1) is 8.54. The van der Waals surface area contributed by atoms with Gasteiger partial charge in [-0.1, -0.05) is 0 Å². The lowest BCUT2D eigenvalue weighted by atomic mass is 10.2. The van der Waals surface area contributed by atoms with Crippen LogP contribution in [0.15, 0.2) is 18.2 Å². The maximum absolute atomic E-state index is 9.81. The number of nitrogen functional groups attached to an aromatic ring is 1. The zero-order valence-electron chi connectivity index (χ0n) is 10.7. The fourth-order valence-corrected chi connectivity index (χ4v) is 2.21. The molecule has 0 fully saturated rings. The van der Waals surface area contributed by atoms with Crippen LogP contribution in [0, 0.1) is 0 Å². The number of hydrogen-bond donors (Lipinski definition) is 3. The van der Waals surface area contributed by atoms with Crippen molar-refractivity contribution in [2.75, 3.05) is 12.3 Å². The van der Waals surface area contributed by atoms with Crippen molar-refractivity contribution in [3.8, 4) is 0 Å². The van der Waals surface area contributed by atoms with E-state index in [0.717, 1.165) is 11.0 Å². The van der Waals surface area contributed by atoms with E-state index in [0.29, 0.717) is 17.9 Å². The maximum atomic E-state index is 9.81. The standard InChI is InChI=1S/C13H19N3O2/c1-8(5-6-17)16-12-4-3-10(14)7-11(12)15-13(16)9(2)18/h3-4,7-9,17-18H,5-6,14H2,1-2H3. The number of hydrogen-bond acceptors (Lipinski definition) is 4. The second-order valence-electron chi connectivity index (χ2n) is 4.63. The highest BCUT2D eigenvalue weighted by Crippen LogP contribution is 2.27. The highest BCUT2D eigenvalue weighted by atomic mass is 16.3. The minimum atomic E-state index is -0.653. The van der Waals surface area contributed by atoms with E-state index in [4.69, 9.17) is 10.8 Å². The smallest absolute Gasteiger partial charge is 0.138 e.